The number of rotatable bonds is 1. The second-order valence-electron chi connectivity index (χ2n) is 1.61. The van der Waals surface area contributed by atoms with E-state index >= 15 is 0 Å². The van der Waals surface area contributed by atoms with E-state index in [2.05, 4.69) is 11.8 Å². The summed E-state index contributed by atoms with van der Waals surface area (Å²) in [7, 11) is 3.36. The van der Waals surface area contributed by atoms with Crippen LogP contribution in [0, 0.1) is 7.11 Å². The SMILES string of the molecule is [CH2-][OH+]c1ccccc1Cl. The second kappa shape index (κ2) is 2.74. The van der Waals surface area contributed by atoms with Crippen molar-refractivity contribution >= 4 is 11.6 Å². The molecular weight excluding hydrogens is 136 g/mol. The molecule has 0 saturated carbocycles. The molecule has 0 aromatic heterocycles. The van der Waals surface area contributed by atoms with Gasteiger partial charge < -0.3 is 4.74 Å². The van der Waals surface area contributed by atoms with Gasteiger partial charge in [-0.2, -0.15) is 0 Å². The molecule has 9 heavy (non-hydrogen) atoms. The van der Waals surface area contributed by atoms with Gasteiger partial charge >= 0.3 is 0 Å². The Labute approximate surface area is 59.2 Å². The highest BCUT2D eigenvalue weighted by Gasteiger charge is 1.96. The van der Waals surface area contributed by atoms with E-state index in [1.165, 1.54) is 0 Å². The predicted molar refractivity (Wildman–Crippen MR) is 38.5 cm³/mol. The lowest BCUT2D eigenvalue weighted by Gasteiger charge is -2.02. The van der Waals surface area contributed by atoms with Crippen molar-refractivity contribution in [1.29, 1.82) is 0 Å². The van der Waals surface area contributed by atoms with E-state index < -0.39 is 0 Å². The molecule has 0 aliphatic heterocycles. The van der Waals surface area contributed by atoms with Crippen LogP contribution in [0.25, 0.3) is 0 Å². The monoisotopic (exact) mass is 142 g/mol. The Morgan fingerprint density at radius 2 is 2.00 bits per heavy atom. The van der Waals surface area contributed by atoms with Crippen molar-refractivity contribution in [1.82, 2.24) is 0 Å². The molecular formula is C7H7ClO. The first-order valence-electron chi connectivity index (χ1n) is 2.56. The molecule has 0 radical (unpaired) electrons. The van der Waals surface area contributed by atoms with Gasteiger partial charge in [-0.25, -0.2) is 0 Å². The highest BCUT2D eigenvalue weighted by molar-refractivity contribution is 6.31. The highest BCUT2D eigenvalue weighted by atomic mass is 35.5. The number of ether oxygens (including phenoxy) is 1. The van der Waals surface area contributed by atoms with Crippen LogP contribution in [0.1, 0.15) is 0 Å². The summed E-state index contributed by atoms with van der Waals surface area (Å²) < 4.78 is 3.69. The lowest BCUT2D eigenvalue weighted by Crippen LogP contribution is -1.73. The summed E-state index contributed by atoms with van der Waals surface area (Å²) in [6.45, 7) is 0. The van der Waals surface area contributed by atoms with Gasteiger partial charge in [0.1, 0.15) is 5.02 Å². The second-order valence-corrected chi connectivity index (χ2v) is 2.02. The van der Waals surface area contributed by atoms with Gasteiger partial charge in [-0.15, -0.1) is 0 Å². The molecule has 0 spiro atoms. The zero-order valence-corrected chi connectivity index (χ0v) is 5.60. The fraction of sp³-hybridized carbons (Fsp3) is 0. The van der Waals surface area contributed by atoms with Crippen LogP contribution in [0.4, 0.5) is 0 Å². The van der Waals surface area contributed by atoms with Crippen molar-refractivity contribution in [2.24, 2.45) is 0 Å². The van der Waals surface area contributed by atoms with Crippen molar-refractivity contribution in [3.05, 3.63) is 36.4 Å². The number of hydrogen-bond acceptors (Lipinski definition) is 0. The molecule has 0 atom stereocenters. The van der Waals surface area contributed by atoms with Crippen molar-refractivity contribution in [2.45, 2.75) is 0 Å². The zero-order valence-electron chi connectivity index (χ0n) is 4.84. The smallest absolute Gasteiger partial charge is 0.244 e. The Morgan fingerprint density at radius 1 is 1.33 bits per heavy atom. The van der Waals surface area contributed by atoms with Gasteiger partial charge in [-0.3, -0.25) is 0 Å². The van der Waals surface area contributed by atoms with Gasteiger partial charge in [-0.05, 0) is 13.2 Å². The number of benzene rings is 1. The molecule has 2 heteroatoms. The van der Waals surface area contributed by atoms with Crippen molar-refractivity contribution in [3.8, 4) is 5.75 Å². The first-order chi connectivity index (χ1) is 4.34. The highest BCUT2D eigenvalue weighted by Crippen LogP contribution is 2.23. The molecule has 0 aliphatic carbocycles. The van der Waals surface area contributed by atoms with Crippen LogP contribution in [0.15, 0.2) is 24.3 Å². The number of para-hydroxylation sites is 1. The lowest BCUT2D eigenvalue weighted by atomic mass is 10.3. The summed E-state index contributed by atoms with van der Waals surface area (Å²) in [6, 6.07) is 7.33. The van der Waals surface area contributed by atoms with Crippen LogP contribution in [0.5, 0.6) is 5.75 Å². The van der Waals surface area contributed by atoms with Crippen molar-refractivity contribution < 1.29 is 4.74 Å². The molecule has 48 valence electrons. The Kier molecular flexibility index (Phi) is 1.96. The topological polar surface area (TPSA) is 12.8 Å². The van der Waals surface area contributed by atoms with Gasteiger partial charge in [0.05, 0.1) is 0 Å². The van der Waals surface area contributed by atoms with E-state index in [0.29, 0.717) is 5.02 Å². The normalized spacial score (nSPS) is 9.11. The number of aliphatic hydroxyl groups is 1. The molecule has 0 aliphatic rings. The Hall–Kier alpha value is -0.690. The standard InChI is InChI=1S/C7H7ClO/c1-9-7-5-3-2-4-6(7)8/h2-5,9H,1H2. The van der Waals surface area contributed by atoms with Gasteiger partial charge in [0.15, 0.2) is 0 Å². The number of aromatic hydroxyl groups is 1. The van der Waals surface area contributed by atoms with E-state index in [9.17, 15) is 0 Å². The molecule has 1 aromatic rings. The number of hydrogen-bond donors (Lipinski definition) is 0. The van der Waals surface area contributed by atoms with E-state index in [4.69, 9.17) is 11.6 Å². The van der Waals surface area contributed by atoms with E-state index in [-0.39, 0.29) is 0 Å². The summed E-state index contributed by atoms with van der Waals surface area (Å²) in [5.74, 6) is 0.735. The molecule has 0 bridgehead atoms. The molecule has 1 N–H and O–H groups in total. The predicted octanol–water partition coefficient (Wildman–Crippen LogP) is 2.37. The lowest BCUT2D eigenvalue weighted by molar-refractivity contribution is 0.186. The maximum Gasteiger partial charge on any atom is 0.244 e. The average Bonchev–Trinajstić information content (AvgIpc) is 1.89. The largest absolute Gasteiger partial charge is 0.721 e. The number of halogens is 1. The third kappa shape index (κ3) is 1.36. The fourth-order valence-electron chi connectivity index (χ4n) is 0.580. The minimum atomic E-state index is 0.646. The van der Waals surface area contributed by atoms with Gasteiger partial charge in [0, 0.05) is 6.07 Å². The van der Waals surface area contributed by atoms with E-state index in [0.717, 1.165) is 5.75 Å². The molecule has 1 rings (SSSR count). The molecule has 0 fully saturated rings. The maximum atomic E-state index is 5.69. The molecule has 1 aromatic carbocycles. The van der Waals surface area contributed by atoms with Crippen LogP contribution >= 0.6 is 11.6 Å². The summed E-state index contributed by atoms with van der Waals surface area (Å²) in [5, 5.41) is 0.646. The average molecular weight is 143 g/mol. The van der Waals surface area contributed by atoms with Crippen LogP contribution in [0.2, 0.25) is 5.02 Å². The van der Waals surface area contributed by atoms with Crippen molar-refractivity contribution in [2.75, 3.05) is 0 Å². The Morgan fingerprint density at radius 3 is 2.44 bits per heavy atom. The summed E-state index contributed by atoms with van der Waals surface area (Å²) in [4.78, 5) is 0. The Balaban J connectivity index is 3.01. The molecule has 0 unspecified atom stereocenters. The summed E-state index contributed by atoms with van der Waals surface area (Å²) in [6.07, 6.45) is 0. The van der Waals surface area contributed by atoms with Crippen LogP contribution in [-0.4, -0.2) is 4.74 Å². The third-order valence-corrected chi connectivity index (χ3v) is 1.34. The Bertz CT molecular complexity index is 198. The van der Waals surface area contributed by atoms with E-state index in [1.54, 1.807) is 6.07 Å². The van der Waals surface area contributed by atoms with Crippen LogP contribution in [0.3, 0.4) is 0 Å². The van der Waals surface area contributed by atoms with Crippen LogP contribution in [-0.2, 0) is 0 Å². The third-order valence-electron chi connectivity index (χ3n) is 1.02. The van der Waals surface area contributed by atoms with Crippen molar-refractivity contribution in [3.63, 3.8) is 0 Å². The molecule has 0 amide bonds. The molecule has 1 nitrogen and oxygen atoms in total. The minimum absolute atomic E-state index is 0.646. The minimum Gasteiger partial charge on any atom is -0.721 e. The summed E-state index contributed by atoms with van der Waals surface area (Å²) in [5.41, 5.74) is 0. The fourth-order valence-corrected chi connectivity index (χ4v) is 0.775. The zero-order chi connectivity index (χ0) is 6.69. The first-order valence-corrected chi connectivity index (χ1v) is 2.93. The first kappa shape index (κ1) is 6.43. The van der Waals surface area contributed by atoms with E-state index in [1.807, 2.05) is 18.2 Å². The van der Waals surface area contributed by atoms with Crippen LogP contribution < -0.4 is 0 Å². The molecule has 0 saturated heterocycles. The quantitative estimate of drug-likeness (QED) is 0.422. The summed E-state index contributed by atoms with van der Waals surface area (Å²) >= 11 is 5.69. The molecule has 0 heterocycles. The van der Waals surface area contributed by atoms with Gasteiger partial charge in [-0.1, -0.05) is 23.7 Å². The maximum absolute atomic E-state index is 5.69. The van der Waals surface area contributed by atoms with Gasteiger partial charge in [0.25, 0.3) is 0 Å². The van der Waals surface area contributed by atoms with Gasteiger partial charge in [0.2, 0.25) is 5.75 Å².